The monoisotopic (exact) mass is 353 g/mol. The summed E-state index contributed by atoms with van der Waals surface area (Å²) in [5.74, 6) is -0.114. The number of nitrogens with zero attached hydrogens (tertiary/aromatic N) is 1. The van der Waals surface area contributed by atoms with Crippen LogP contribution in [0.1, 0.15) is 31.7 Å². The first-order valence-electron chi connectivity index (χ1n) is 7.92. The number of nitrogens with one attached hydrogen (secondary N) is 1. The molecule has 132 valence electrons. The lowest BCUT2D eigenvalue weighted by Crippen LogP contribution is -2.35. The van der Waals surface area contributed by atoms with Crippen LogP contribution in [0.3, 0.4) is 0 Å². The molecule has 2 rings (SSSR count). The van der Waals surface area contributed by atoms with E-state index >= 15 is 0 Å². The summed E-state index contributed by atoms with van der Waals surface area (Å²) in [6, 6.07) is 6.58. The quantitative estimate of drug-likeness (QED) is 0.704. The molecule has 24 heavy (non-hydrogen) atoms. The summed E-state index contributed by atoms with van der Waals surface area (Å²) in [5.41, 5.74) is 0.899. The number of carbonyl (C=O) groups is 2. The molecule has 0 spiro atoms. The largest absolute Gasteiger partial charge is 0.353 e. The molecular weight excluding hydrogens is 330 g/mol. The summed E-state index contributed by atoms with van der Waals surface area (Å²) in [7, 11) is -3.70. The third-order valence-corrected chi connectivity index (χ3v) is 4.85. The Balaban J connectivity index is 1.84. The number of rotatable bonds is 8. The Hall–Kier alpha value is -1.93. The lowest BCUT2D eigenvalue weighted by atomic mass is 10.1. The molecule has 1 aromatic rings. The highest BCUT2D eigenvalue weighted by molar-refractivity contribution is 7.89. The second-order valence-electron chi connectivity index (χ2n) is 6.04. The number of hydrogen-bond acceptors (Lipinski definition) is 4. The highest BCUT2D eigenvalue weighted by Crippen LogP contribution is 2.18. The Morgan fingerprint density at radius 2 is 1.83 bits per heavy atom. The molecule has 3 N–H and O–H groups in total. The first kappa shape index (κ1) is 18.4. The zero-order valence-electron chi connectivity index (χ0n) is 13.7. The predicted molar refractivity (Wildman–Crippen MR) is 89.6 cm³/mol. The van der Waals surface area contributed by atoms with Crippen LogP contribution in [0.5, 0.6) is 0 Å². The van der Waals surface area contributed by atoms with Crippen LogP contribution in [-0.2, 0) is 26.0 Å². The lowest BCUT2D eigenvalue weighted by molar-refractivity contribution is -0.129. The molecule has 2 amide bonds. The van der Waals surface area contributed by atoms with Crippen molar-refractivity contribution in [3.8, 4) is 0 Å². The van der Waals surface area contributed by atoms with Gasteiger partial charge in [-0.15, -0.1) is 0 Å². The molecule has 0 saturated heterocycles. The van der Waals surface area contributed by atoms with E-state index in [1.807, 2.05) is 0 Å². The third kappa shape index (κ3) is 5.93. The molecule has 0 aliphatic heterocycles. The molecule has 0 atom stereocenters. The molecule has 0 aromatic heterocycles. The molecule has 8 heteroatoms. The van der Waals surface area contributed by atoms with Gasteiger partial charge in [-0.05, 0) is 37.0 Å². The zero-order chi connectivity index (χ0) is 17.7. The summed E-state index contributed by atoms with van der Waals surface area (Å²) in [4.78, 5) is 25.1. The van der Waals surface area contributed by atoms with Crippen LogP contribution in [0.25, 0.3) is 0 Å². The van der Waals surface area contributed by atoms with Crippen molar-refractivity contribution < 1.29 is 18.0 Å². The summed E-state index contributed by atoms with van der Waals surface area (Å²) in [6.45, 7) is 2.33. The van der Waals surface area contributed by atoms with Crippen LogP contribution in [0, 0.1) is 0 Å². The molecule has 7 nitrogen and oxygen atoms in total. The minimum absolute atomic E-state index is 0.0266. The number of carbonyl (C=O) groups excluding carboxylic acids is 2. The van der Waals surface area contributed by atoms with E-state index in [1.54, 1.807) is 17.0 Å². The Kier molecular flexibility index (Phi) is 5.95. The normalized spacial score (nSPS) is 14.2. The van der Waals surface area contributed by atoms with Gasteiger partial charge in [-0.1, -0.05) is 12.1 Å². The Labute approximate surface area is 142 Å². The molecule has 1 aliphatic carbocycles. The fraction of sp³-hybridized carbons (Fsp3) is 0.500. The van der Waals surface area contributed by atoms with E-state index < -0.39 is 10.0 Å². The molecule has 1 aliphatic rings. The molecule has 0 radical (unpaired) electrons. The number of sulfonamides is 1. The summed E-state index contributed by atoms with van der Waals surface area (Å²) < 4.78 is 22.4. The molecule has 1 saturated carbocycles. The van der Waals surface area contributed by atoms with E-state index in [9.17, 15) is 18.0 Å². The second-order valence-corrected chi connectivity index (χ2v) is 7.60. The van der Waals surface area contributed by atoms with Crippen molar-refractivity contribution in [3.05, 3.63) is 29.8 Å². The number of amides is 2. The van der Waals surface area contributed by atoms with E-state index in [1.165, 1.54) is 19.1 Å². The van der Waals surface area contributed by atoms with E-state index in [0.717, 1.165) is 18.4 Å². The van der Waals surface area contributed by atoms with Crippen LogP contribution >= 0.6 is 0 Å². The average molecular weight is 353 g/mol. The van der Waals surface area contributed by atoms with Crippen molar-refractivity contribution in [1.82, 2.24) is 10.2 Å². The fourth-order valence-corrected chi connectivity index (χ4v) is 2.82. The number of primary sulfonamides is 1. The van der Waals surface area contributed by atoms with Crippen molar-refractivity contribution in [1.29, 1.82) is 0 Å². The molecule has 1 aromatic carbocycles. The zero-order valence-corrected chi connectivity index (χ0v) is 14.5. The smallest absolute Gasteiger partial charge is 0.238 e. The first-order chi connectivity index (χ1) is 11.3. The second kappa shape index (κ2) is 7.76. The minimum Gasteiger partial charge on any atom is -0.353 e. The molecule has 0 bridgehead atoms. The van der Waals surface area contributed by atoms with Gasteiger partial charge < -0.3 is 10.2 Å². The Morgan fingerprint density at radius 1 is 1.21 bits per heavy atom. The van der Waals surface area contributed by atoms with Crippen LogP contribution in [0.4, 0.5) is 0 Å². The maximum absolute atomic E-state index is 11.7. The topological polar surface area (TPSA) is 110 Å². The number of hydrogen-bond donors (Lipinski definition) is 2. The van der Waals surface area contributed by atoms with Crippen LogP contribution in [-0.4, -0.2) is 44.3 Å². The lowest BCUT2D eigenvalue weighted by Gasteiger charge is -2.21. The highest BCUT2D eigenvalue weighted by Gasteiger charge is 2.23. The van der Waals surface area contributed by atoms with Crippen molar-refractivity contribution in [3.63, 3.8) is 0 Å². The van der Waals surface area contributed by atoms with Gasteiger partial charge >= 0.3 is 0 Å². The first-order valence-corrected chi connectivity index (χ1v) is 9.47. The Morgan fingerprint density at radius 3 is 2.33 bits per heavy atom. The van der Waals surface area contributed by atoms with Crippen LogP contribution in [0.15, 0.2) is 29.2 Å². The SMILES string of the molecule is CC(=O)N(CCC(=O)NC1CC1)CCc1ccc(S(N)(=O)=O)cc1. The molecular formula is C16H23N3O4S. The maximum atomic E-state index is 11.7. The summed E-state index contributed by atoms with van der Waals surface area (Å²) in [5, 5.41) is 7.95. The third-order valence-electron chi connectivity index (χ3n) is 3.92. The van der Waals surface area contributed by atoms with E-state index in [-0.39, 0.29) is 16.7 Å². The Bertz CT molecular complexity index is 697. The van der Waals surface area contributed by atoms with Gasteiger partial charge in [0.1, 0.15) is 0 Å². The van der Waals surface area contributed by atoms with E-state index in [4.69, 9.17) is 5.14 Å². The van der Waals surface area contributed by atoms with Gasteiger partial charge in [-0.25, -0.2) is 13.6 Å². The van der Waals surface area contributed by atoms with Gasteiger partial charge in [0, 0.05) is 32.5 Å². The van der Waals surface area contributed by atoms with Crippen molar-refractivity contribution in [2.24, 2.45) is 5.14 Å². The van der Waals surface area contributed by atoms with Gasteiger partial charge in [0.2, 0.25) is 21.8 Å². The maximum Gasteiger partial charge on any atom is 0.238 e. The van der Waals surface area contributed by atoms with Gasteiger partial charge in [-0.2, -0.15) is 0 Å². The summed E-state index contributed by atoms with van der Waals surface area (Å²) >= 11 is 0. The van der Waals surface area contributed by atoms with E-state index in [0.29, 0.717) is 32.0 Å². The molecule has 0 heterocycles. The van der Waals surface area contributed by atoms with Crippen LogP contribution < -0.4 is 10.5 Å². The summed E-state index contributed by atoms with van der Waals surface area (Å²) in [6.07, 6.45) is 2.95. The van der Waals surface area contributed by atoms with Crippen molar-refractivity contribution in [2.45, 2.75) is 43.5 Å². The highest BCUT2D eigenvalue weighted by atomic mass is 32.2. The number of benzene rings is 1. The van der Waals surface area contributed by atoms with Gasteiger partial charge in [0.25, 0.3) is 0 Å². The minimum atomic E-state index is -3.70. The van der Waals surface area contributed by atoms with Crippen molar-refractivity contribution in [2.75, 3.05) is 13.1 Å². The molecule has 0 unspecified atom stereocenters. The standard InChI is InChI=1S/C16H23N3O4S/c1-12(20)19(11-9-16(21)18-14-4-5-14)10-8-13-2-6-15(7-3-13)24(17,22)23/h2-3,6-7,14H,4-5,8-11H2,1H3,(H,18,21)(H2,17,22,23). The van der Waals surface area contributed by atoms with Crippen molar-refractivity contribution >= 4 is 21.8 Å². The van der Waals surface area contributed by atoms with Crippen LogP contribution in [0.2, 0.25) is 0 Å². The van der Waals surface area contributed by atoms with Gasteiger partial charge in [0.15, 0.2) is 0 Å². The van der Waals surface area contributed by atoms with Gasteiger partial charge in [-0.3, -0.25) is 9.59 Å². The molecule has 1 fully saturated rings. The van der Waals surface area contributed by atoms with Gasteiger partial charge in [0.05, 0.1) is 4.90 Å². The predicted octanol–water partition coefficient (Wildman–Crippen LogP) is 0.394. The fourth-order valence-electron chi connectivity index (χ4n) is 2.30. The average Bonchev–Trinajstić information content (AvgIpc) is 3.30. The number of nitrogens with two attached hydrogens (primary N) is 1. The van der Waals surface area contributed by atoms with E-state index in [2.05, 4.69) is 5.32 Å².